The van der Waals surface area contributed by atoms with Crippen LogP contribution in [0.4, 0.5) is 0 Å². The van der Waals surface area contributed by atoms with E-state index in [1.165, 1.54) is 24.2 Å². The van der Waals surface area contributed by atoms with Gasteiger partial charge in [0.2, 0.25) is 35.4 Å². The molecule has 1 aliphatic heterocycles. The number of nitrogens with zero attached hydrogens (tertiary/aromatic N) is 5. The minimum atomic E-state index is -1.57. The maximum absolute atomic E-state index is 14.1. The van der Waals surface area contributed by atoms with Crippen molar-refractivity contribution >= 4 is 64.9 Å². The van der Waals surface area contributed by atoms with E-state index >= 15 is 0 Å². The highest BCUT2D eigenvalue weighted by atomic mass is 16.4. The second-order valence-corrected chi connectivity index (χ2v) is 17.3. The third kappa shape index (κ3) is 22.2. The van der Waals surface area contributed by atoms with Gasteiger partial charge in [0.05, 0.1) is 30.7 Å². The average Bonchev–Trinajstić information content (AvgIpc) is 4.02. The quantitative estimate of drug-likeness (QED) is 0.0135. The molecule has 0 aliphatic carbocycles. The molecule has 1 fully saturated rings. The summed E-state index contributed by atoms with van der Waals surface area (Å²) in [4.78, 5) is 133. The van der Waals surface area contributed by atoms with Crippen LogP contribution in [0.5, 0.6) is 0 Å². The van der Waals surface area contributed by atoms with Gasteiger partial charge in [0.15, 0.2) is 5.96 Å². The third-order valence-corrected chi connectivity index (χ3v) is 11.3. The van der Waals surface area contributed by atoms with Crippen LogP contribution in [-0.2, 0) is 56.6 Å². The Bertz CT molecular complexity index is 2130. The first-order valence-corrected chi connectivity index (χ1v) is 24.1. The molecule has 29 heteroatoms. The number of hydrogen-bond donors (Lipinski definition) is 15. The summed E-state index contributed by atoms with van der Waals surface area (Å²) in [6.45, 7) is 0.998. The van der Waals surface area contributed by atoms with E-state index in [9.17, 15) is 53.4 Å². The normalized spacial score (nSPS) is 16.2. The van der Waals surface area contributed by atoms with Gasteiger partial charge in [-0.15, -0.1) is 0 Å². The van der Waals surface area contributed by atoms with E-state index in [-0.39, 0.29) is 82.8 Å². The Hall–Kier alpha value is -6.92. The van der Waals surface area contributed by atoms with E-state index in [2.05, 4.69) is 46.9 Å². The number of aliphatic imine (C=N–C) groups is 2. The van der Waals surface area contributed by atoms with Crippen LogP contribution < -0.4 is 72.0 Å². The van der Waals surface area contributed by atoms with Gasteiger partial charge in [0.1, 0.15) is 41.6 Å². The molecule has 29 nitrogen and oxygen atoms in total. The van der Waals surface area contributed by atoms with Gasteiger partial charge in [-0.3, -0.25) is 43.3 Å². The van der Waals surface area contributed by atoms with Gasteiger partial charge in [-0.05, 0) is 90.8 Å². The van der Waals surface area contributed by atoms with E-state index in [1.54, 1.807) is 17.8 Å². The van der Waals surface area contributed by atoms with Crippen molar-refractivity contribution in [1.29, 1.82) is 0 Å². The lowest BCUT2D eigenvalue weighted by Gasteiger charge is -2.27. The summed E-state index contributed by atoms with van der Waals surface area (Å²) in [6.07, 6.45) is 5.57. The Morgan fingerprint density at radius 3 is 2.12 bits per heavy atom. The van der Waals surface area contributed by atoms with E-state index in [1.807, 2.05) is 0 Å². The van der Waals surface area contributed by atoms with Crippen LogP contribution in [0.1, 0.15) is 83.2 Å². The van der Waals surface area contributed by atoms with Gasteiger partial charge >= 0.3 is 5.97 Å². The number of aliphatic carboxylic acids is 1. The summed E-state index contributed by atoms with van der Waals surface area (Å²) in [5, 5.41) is 34.9. The Balaban J connectivity index is 2.27. The predicted molar refractivity (Wildman–Crippen MR) is 267 cm³/mol. The van der Waals surface area contributed by atoms with Crippen LogP contribution in [0.2, 0.25) is 0 Å². The summed E-state index contributed by atoms with van der Waals surface area (Å²) in [7, 11) is 1.69. The number of aryl methyl sites for hydroxylation is 1. The van der Waals surface area contributed by atoms with Crippen molar-refractivity contribution in [3.63, 3.8) is 0 Å². The lowest BCUT2D eigenvalue weighted by molar-refractivity contribution is -0.137. The standard InChI is InChI=1S/C44H76N18O11/c1-25(55-41(70)35(33(63)21-48)60-37(66)27(49)10-3-5-15-45)36(65)53-22-34(64)56-29(12-7-17-47)42(71)62-19-9-14-32(62)40(69)59-31(20-26-23-61(2)24-54-26)39(68)57-28(11-4-6-16-46)38(67)58-30(43(72)73)13-8-18-52-44(50)51/h13,23-25,27-28,31-33,35,63H,3-12,14-22,45-49H2,1-2H3,(H,53,65)(H,55,70)(H,57,68)(H,58,67)(H,59,69)(H,60,66)(H,72,73)(H4,50,51,52)/b30-13-,56-29?/t25-,27-,28-,31-,32-,33-,35-/m0/s1. The van der Waals surface area contributed by atoms with E-state index in [0.29, 0.717) is 44.3 Å². The number of carbonyl (C=O) groups excluding carboxylic acids is 8. The fourth-order valence-corrected chi connectivity index (χ4v) is 7.28. The highest BCUT2D eigenvalue weighted by Crippen LogP contribution is 2.20. The molecular formula is C44H76N18O11. The molecule has 0 spiro atoms. The van der Waals surface area contributed by atoms with Crippen molar-refractivity contribution in [1.82, 2.24) is 46.4 Å². The Kier molecular flexibility index (Phi) is 28.1. The number of carboxylic acid groups (broad SMARTS) is 1. The van der Waals surface area contributed by atoms with E-state index in [4.69, 9.17) is 40.1 Å². The molecule has 22 N–H and O–H groups in total. The number of unbranched alkanes of at least 4 members (excludes halogenated alkanes) is 2. The first kappa shape index (κ1) is 62.2. The highest BCUT2D eigenvalue weighted by molar-refractivity contribution is 6.40. The monoisotopic (exact) mass is 1030 g/mol. The largest absolute Gasteiger partial charge is 0.477 e. The maximum atomic E-state index is 14.1. The molecule has 7 atom stereocenters. The number of amides is 8. The molecule has 0 radical (unpaired) electrons. The van der Waals surface area contributed by atoms with Crippen molar-refractivity contribution in [2.45, 2.75) is 126 Å². The molecule has 408 valence electrons. The lowest BCUT2D eigenvalue weighted by atomic mass is 10.1. The summed E-state index contributed by atoms with van der Waals surface area (Å²) in [5.41, 5.74) is 38.7. The van der Waals surface area contributed by atoms with Crippen molar-refractivity contribution in [2.75, 3.05) is 45.8 Å². The van der Waals surface area contributed by atoms with Crippen LogP contribution in [0.3, 0.4) is 0 Å². The van der Waals surface area contributed by atoms with Gasteiger partial charge in [-0.2, -0.15) is 0 Å². The van der Waals surface area contributed by atoms with Crippen LogP contribution in [0, 0.1) is 0 Å². The van der Waals surface area contributed by atoms with Crippen LogP contribution in [0.25, 0.3) is 0 Å². The number of nitrogens with two attached hydrogens (primary N) is 7. The molecule has 0 bridgehead atoms. The number of nitrogens with one attached hydrogen (secondary N) is 6. The van der Waals surface area contributed by atoms with Crippen molar-refractivity contribution in [2.24, 2.45) is 57.2 Å². The molecule has 73 heavy (non-hydrogen) atoms. The first-order chi connectivity index (χ1) is 34.7. The molecule has 2 rings (SSSR count). The number of aromatic nitrogens is 2. The number of imidazole rings is 1. The number of rotatable bonds is 33. The summed E-state index contributed by atoms with van der Waals surface area (Å²) in [5.74, 6) is -8.39. The average molecular weight is 1030 g/mol. The zero-order chi connectivity index (χ0) is 54.6. The van der Waals surface area contributed by atoms with Crippen molar-refractivity contribution < 1.29 is 53.4 Å². The molecule has 0 saturated carbocycles. The topological polar surface area (TPSA) is 494 Å². The molecule has 8 amide bonds. The lowest BCUT2D eigenvalue weighted by Crippen LogP contribution is -2.60. The summed E-state index contributed by atoms with van der Waals surface area (Å²) in [6, 6.07) is -7.70. The molecule has 1 aromatic rings. The zero-order valence-electron chi connectivity index (χ0n) is 41.6. The van der Waals surface area contributed by atoms with Gasteiger partial charge < -0.3 is 91.7 Å². The molecule has 2 heterocycles. The Morgan fingerprint density at radius 2 is 1.52 bits per heavy atom. The third-order valence-electron chi connectivity index (χ3n) is 11.3. The van der Waals surface area contributed by atoms with Crippen LogP contribution in [0.15, 0.2) is 34.3 Å². The minimum absolute atomic E-state index is 0.0394. The second kappa shape index (κ2) is 32.9. The number of guanidine groups is 1. The summed E-state index contributed by atoms with van der Waals surface area (Å²) >= 11 is 0. The number of aliphatic hydroxyl groups excluding tert-OH is 1. The molecule has 1 aliphatic rings. The van der Waals surface area contributed by atoms with Crippen LogP contribution >= 0.6 is 0 Å². The van der Waals surface area contributed by atoms with Gasteiger partial charge in [-0.25, -0.2) is 14.8 Å². The SMILES string of the molecule is C[C@H](NC(=O)[C@@H](NC(=O)[C@@H](N)CCCCN)[C@@H](O)CN)C(=O)NCC(=O)N=C(CCCN)C(=O)N1CCC[C@H]1C(=O)N[C@@H](Cc1cn(C)cn1)C(=O)N[C@@H](CCCCN)C(=O)N/C(=C\CCN=C(N)N)C(=O)O. The Morgan fingerprint density at radius 1 is 0.849 bits per heavy atom. The fourth-order valence-electron chi connectivity index (χ4n) is 7.28. The minimum Gasteiger partial charge on any atom is -0.477 e. The maximum Gasteiger partial charge on any atom is 0.352 e. The van der Waals surface area contributed by atoms with Gasteiger partial charge in [0, 0.05) is 39.3 Å². The highest BCUT2D eigenvalue weighted by Gasteiger charge is 2.39. The fraction of sp³-hybridized carbons (Fsp3) is 0.636. The smallest absolute Gasteiger partial charge is 0.352 e. The van der Waals surface area contributed by atoms with Crippen LogP contribution in [-0.4, -0.2) is 178 Å². The number of likely N-dealkylation sites (tertiary alicyclic amines) is 1. The molecule has 1 aromatic heterocycles. The second-order valence-electron chi connectivity index (χ2n) is 17.3. The van der Waals surface area contributed by atoms with Gasteiger partial charge in [0.25, 0.3) is 11.8 Å². The zero-order valence-corrected chi connectivity index (χ0v) is 41.6. The summed E-state index contributed by atoms with van der Waals surface area (Å²) < 4.78 is 1.62. The molecule has 0 aromatic carbocycles. The van der Waals surface area contributed by atoms with Crippen molar-refractivity contribution in [3.05, 3.63) is 30.0 Å². The predicted octanol–water partition coefficient (Wildman–Crippen LogP) is -6.61. The number of aliphatic hydroxyl groups is 1. The Labute approximate surface area is 423 Å². The molecule has 0 unspecified atom stereocenters. The number of carboxylic acids is 1. The molecular weight excluding hydrogens is 957 g/mol. The van der Waals surface area contributed by atoms with E-state index < -0.39 is 114 Å². The molecule has 1 saturated heterocycles. The number of hydrogen-bond acceptors (Lipinski definition) is 17. The first-order valence-electron chi connectivity index (χ1n) is 24.1. The van der Waals surface area contributed by atoms with E-state index in [0.717, 1.165) is 0 Å². The van der Waals surface area contributed by atoms with Crippen molar-refractivity contribution in [3.8, 4) is 0 Å². The van der Waals surface area contributed by atoms with Gasteiger partial charge in [-0.1, -0.05) is 12.5 Å². The number of carbonyl (C=O) groups is 9.